The summed E-state index contributed by atoms with van der Waals surface area (Å²) < 4.78 is 0. The molecule has 54 valence electrons. The number of rotatable bonds is 2. The van der Waals surface area contributed by atoms with Crippen LogP contribution in [0.4, 0.5) is 0 Å². The maximum atomic E-state index is 4.20. The number of hydrogen-bond acceptors (Lipinski definition) is 3. The molecule has 0 aliphatic carbocycles. The van der Waals surface area contributed by atoms with Crippen molar-refractivity contribution in [3.05, 3.63) is 23.8 Å². The minimum atomic E-state index is 0.809. The molecule has 2 nitrogen and oxygen atoms in total. The van der Waals surface area contributed by atoms with Gasteiger partial charge in [0, 0.05) is 18.3 Å². The monoisotopic (exact) mass is 154 g/mol. The Bertz CT molecular complexity index is 213. The van der Waals surface area contributed by atoms with Crippen molar-refractivity contribution in [1.82, 2.24) is 9.97 Å². The van der Waals surface area contributed by atoms with Crippen LogP contribution >= 0.6 is 12.6 Å². The first-order valence-corrected chi connectivity index (χ1v) is 3.85. The Hall–Kier alpha value is -0.570. The fraction of sp³-hybridized carbons (Fsp3) is 0.429. The lowest BCUT2D eigenvalue weighted by molar-refractivity contribution is 0.926. The van der Waals surface area contributed by atoms with E-state index in [1.165, 1.54) is 0 Å². The van der Waals surface area contributed by atoms with Crippen LogP contribution in [0.15, 0.2) is 12.3 Å². The van der Waals surface area contributed by atoms with Crippen LogP contribution in [-0.2, 0) is 6.42 Å². The summed E-state index contributed by atoms with van der Waals surface area (Å²) in [6.07, 6.45) is 2.63. The third-order valence-electron chi connectivity index (χ3n) is 1.18. The second-order valence-electron chi connectivity index (χ2n) is 2.09. The van der Waals surface area contributed by atoms with Crippen LogP contribution in [0.25, 0.3) is 0 Å². The van der Waals surface area contributed by atoms with Crippen molar-refractivity contribution in [2.24, 2.45) is 0 Å². The van der Waals surface area contributed by atoms with Gasteiger partial charge in [-0.25, -0.2) is 9.97 Å². The lowest BCUT2D eigenvalue weighted by Crippen LogP contribution is -1.96. The third kappa shape index (κ3) is 1.99. The Balaban J connectivity index is 2.75. The first-order valence-electron chi connectivity index (χ1n) is 3.22. The van der Waals surface area contributed by atoms with Crippen LogP contribution in [0.5, 0.6) is 0 Å². The van der Waals surface area contributed by atoms with Crippen molar-refractivity contribution >= 4 is 12.6 Å². The minimum absolute atomic E-state index is 0.809. The van der Waals surface area contributed by atoms with Crippen molar-refractivity contribution in [2.75, 3.05) is 5.75 Å². The number of aryl methyl sites for hydroxylation is 2. The first-order chi connectivity index (χ1) is 4.83. The van der Waals surface area contributed by atoms with Crippen LogP contribution in [0.2, 0.25) is 0 Å². The highest BCUT2D eigenvalue weighted by Crippen LogP contribution is 1.94. The second kappa shape index (κ2) is 3.56. The van der Waals surface area contributed by atoms with Crippen molar-refractivity contribution in [3.8, 4) is 0 Å². The molecular formula is C7H10N2S. The molecule has 0 saturated heterocycles. The zero-order chi connectivity index (χ0) is 7.40. The predicted octanol–water partition coefficient (Wildman–Crippen LogP) is 1.26. The summed E-state index contributed by atoms with van der Waals surface area (Å²) in [5.74, 6) is 1.69. The summed E-state index contributed by atoms with van der Waals surface area (Å²) in [6, 6.07) is 1.89. The molecule has 0 bridgehead atoms. The van der Waals surface area contributed by atoms with Gasteiger partial charge in [0.15, 0.2) is 0 Å². The molecule has 0 atom stereocenters. The summed E-state index contributed by atoms with van der Waals surface area (Å²) in [6.45, 7) is 1.96. The lowest BCUT2D eigenvalue weighted by atomic mass is 10.4. The molecule has 0 aromatic carbocycles. The topological polar surface area (TPSA) is 25.8 Å². The van der Waals surface area contributed by atoms with Crippen LogP contribution in [0.1, 0.15) is 11.5 Å². The molecule has 0 radical (unpaired) electrons. The Kier molecular flexibility index (Phi) is 2.68. The molecule has 1 aromatic rings. The molecule has 0 amide bonds. The molecule has 0 unspecified atom stereocenters. The summed E-state index contributed by atoms with van der Waals surface area (Å²) in [7, 11) is 0. The first kappa shape index (κ1) is 7.54. The number of nitrogens with zero attached hydrogens (tertiary/aromatic N) is 2. The van der Waals surface area contributed by atoms with Crippen LogP contribution < -0.4 is 0 Å². The normalized spacial score (nSPS) is 9.80. The summed E-state index contributed by atoms with van der Waals surface area (Å²) in [4.78, 5) is 8.27. The fourth-order valence-corrected chi connectivity index (χ4v) is 0.921. The molecular weight excluding hydrogens is 144 g/mol. The fourth-order valence-electron chi connectivity index (χ4n) is 0.721. The zero-order valence-electron chi connectivity index (χ0n) is 5.91. The maximum absolute atomic E-state index is 4.20. The molecule has 1 rings (SSSR count). The Morgan fingerprint density at radius 2 is 2.40 bits per heavy atom. The van der Waals surface area contributed by atoms with Gasteiger partial charge in [0.2, 0.25) is 0 Å². The van der Waals surface area contributed by atoms with Crippen molar-refractivity contribution in [2.45, 2.75) is 13.3 Å². The molecule has 10 heavy (non-hydrogen) atoms. The van der Waals surface area contributed by atoms with Gasteiger partial charge in [-0.2, -0.15) is 12.6 Å². The standard InChI is InChI=1S/C7H10N2S/c1-6-2-4-8-7(9-6)3-5-10/h2,4,10H,3,5H2,1H3. The molecule has 1 aromatic heterocycles. The van der Waals surface area contributed by atoms with Gasteiger partial charge in [-0.3, -0.25) is 0 Å². The van der Waals surface area contributed by atoms with Crippen molar-refractivity contribution < 1.29 is 0 Å². The number of aromatic nitrogens is 2. The highest BCUT2D eigenvalue weighted by atomic mass is 32.1. The highest BCUT2D eigenvalue weighted by Gasteiger charge is 1.92. The van der Waals surface area contributed by atoms with Gasteiger partial charge in [0.05, 0.1) is 0 Å². The van der Waals surface area contributed by atoms with E-state index in [-0.39, 0.29) is 0 Å². The van der Waals surface area contributed by atoms with E-state index in [1.807, 2.05) is 13.0 Å². The van der Waals surface area contributed by atoms with Gasteiger partial charge in [-0.05, 0) is 18.7 Å². The molecule has 1 heterocycles. The molecule has 0 aliphatic rings. The van der Waals surface area contributed by atoms with E-state index in [2.05, 4.69) is 22.6 Å². The van der Waals surface area contributed by atoms with E-state index in [0.29, 0.717) is 0 Å². The lowest BCUT2D eigenvalue weighted by Gasteiger charge is -1.95. The predicted molar refractivity (Wildman–Crippen MR) is 44.3 cm³/mol. The SMILES string of the molecule is Cc1ccnc(CCS)n1. The van der Waals surface area contributed by atoms with E-state index in [4.69, 9.17) is 0 Å². The Labute approximate surface area is 66.1 Å². The summed E-state index contributed by atoms with van der Waals surface area (Å²) in [5.41, 5.74) is 1.02. The van der Waals surface area contributed by atoms with Gasteiger partial charge in [-0.1, -0.05) is 0 Å². The van der Waals surface area contributed by atoms with Gasteiger partial charge >= 0.3 is 0 Å². The average Bonchev–Trinajstić information content (AvgIpc) is 1.88. The largest absolute Gasteiger partial charge is 0.241 e. The molecule has 0 aliphatic heterocycles. The van der Waals surface area contributed by atoms with E-state index < -0.39 is 0 Å². The molecule has 0 N–H and O–H groups in total. The van der Waals surface area contributed by atoms with Gasteiger partial charge in [0.25, 0.3) is 0 Å². The smallest absolute Gasteiger partial charge is 0.129 e. The van der Waals surface area contributed by atoms with E-state index in [1.54, 1.807) is 6.20 Å². The van der Waals surface area contributed by atoms with Crippen molar-refractivity contribution in [1.29, 1.82) is 0 Å². The average molecular weight is 154 g/mol. The van der Waals surface area contributed by atoms with E-state index in [0.717, 1.165) is 23.7 Å². The zero-order valence-corrected chi connectivity index (χ0v) is 6.80. The third-order valence-corrected chi connectivity index (χ3v) is 1.40. The maximum Gasteiger partial charge on any atom is 0.129 e. The Morgan fingerprint density at radius 3 is 3.00 bits per heavy atom. The molecule has 0 spiro atoms. The van der Waals surface area contributed by atoms with Gasteiger partial charge in [0.1, 0.15) is 5.82 Å². The summed E-state index contributed by atoms with van der Waals surface area (Å²) in [5, 5.41) is 0. The number of hydrogen-bond donors (Lipinski definition) is 1. The van der Waals surface area contributed by atoms with Crippen molar-refractivity contribution in [3.63, 3.8) is 0 Å². The second-order valence-corrected chi connectivity index (χ2v) is 2.54. The van der Waals surface area contributed by atoms with Crippen LogP contribution in [-0.4, -0.2) is 15.7 Å². The molecule has 0 saturated carbocycles. The van der Waals surface area contributed by atoms with Crippen LogP contribution in [0.3, 0.4) is 0 Å². The van der Waals surface area contributed by atoms with Gasteiger partial charge < -0.3 is 0 Å². The van der Waals surface area contributed by atoms with Crippen LogP contribution in [0, 0.1) is 6.92 Å². The van der Waals surface area contributed by atoms with E-state index >= 15 is 0 Å². The number of thiol groups is 1. The highest BCUT2D eigenvalue weighted by molar-refractivity contribution is 7.80. The van der Waals surface area contributed by atoms with Gasteiger partial charge in [-0.15, -0.1) is 0 Å². The minimum Gasteiger partial charge on any atom is -0.241 e. The molecule has 3 heteroatoms. The quantitative estimate of drug-likeness (QED) is 0.649. The summed E-state index contributed by atoms with van der Waals surface area (Å²) >= 11 is 4.09. The Morgan fingerprint density at radius 1 is 1.60 bits per heavy atom. The van der Waals surface area contributed by atoms with E-state index in [9.17, 15) is 0 Å². The molecule has 0 fully saturated rings.